The number of benzene rings is 2. The van der Waals surface area contributed by atoms with Crippen molar-refractivity contribution in [1.82, 2.24) is 15.3 Å². The van der Waals surface area contributed by atoms with E-state index in [1.807, 2.05) is 45.3 Å². The number of aryl methyl sites for hydroxylation is 1. The summed E-state index contributed by atoms with van der Waals surface area (Å²) in [5.41, 5.74) is 2.66. The molecule has 1 aliphatic rings. The Bertz CT molecular complexity index is 1110. The summed E-state index contributed by atoms with van der Waals surface area (Å²) in [4.78, 5) is 24.2. The molecule has 0 atom stereocenters. The number of carbonyl (C=O) groups excluding carboxylic acids is 1. The maximum atomic E-state index is 12.4. The fraction of sp³-hybridized carbons (Fsp3) is 0.400. The number of fused-ring (bicyclic) bond motifs is 1. The van der Waals surface area contributed by atoms with Crippen LogP contribution < -0.4 is 20.1 Å². The summed E-state index contributed by atoms with van der Waals surface area (Å²) >= 11 is 6.12. The number of amides is 2. The third-order valence-electron chi connectivity index (χ3n) is 6.12. The topological polar surface area (TPSA) is 70.2 Å². The number of hydrogen-bond donors (Lipinski definition) is 2. The summed E-state index contributed by atoms with van der Waals surface area (Å²) in [7, 11) is 4.08. The molecule has 1 saturated carbocycles. The van der Waals surface area contributed by atoms with Crippen molar-refractivity contribution in [2.75, 3.05) is 30.9 Å². The average molecular weight is 527 g/mol. The Morgan fingerprint density at radius 3 is 2.58 bits per heavy atom. The molecule has 33 heavy (non-hydrogen) atoms. The zero-order valence-corrected chi connectivity index (χ0v) is 21.9. The molecule has 1 fully saturated rings. The Balaban J connectivity index is 1.28. The first kappa shape index (κ1) is 23.8. The van der Waals surface area contributed by atoms with Crippen molar-refractivity contribution in [2.24, 2.45) is 5.92 Å². The molecule has 1 aliphatic carbocycles. The van der Waals surface area contributed by atoms with E-state index in [2.05, 4.69) is 27.7 Å². The van der Waals surface area contributed by atoms with Crippen LogP contribution in [0.15, 0.2) is 42.5 Å². The van der Waals surface area contributed by atoms with Crippen molar-refractivity contribution >= 4 is 60.4 Å². The molecule has 2 amide bonds. The van der Waals surface area contributed by atoms with Crippen LogP contribution in [0.5, 0.6) is 0 Å². The number of aromatic nitrogens is 2. The van der Waals surface area contributed by atoms with Gasteiger partial charge in [0, 0.05) is 0 Å². The first-order valence-electron chi connectivity index (χ1n) is 11.4. The monoisotopic (exact) mass is 526 g/mol. The van der Waals surface area contributed by atoms with Crippen LogP contribution in [0.3, 0.4) is 0 Å². The fourth-order valence-corrected chi connectivity index (χ4v) is 7.06. The molecule has 2 aromatic carbocycles. The van der Waals surface area contributed by atoms with Gasteiger partial charge in [0.15, 0.2) is 0 Å². The number of urea groups is 1. The summed E-state index contributed by atoms with van der Waals surface area (Å²) in [6.45, 7) is 2.63. The van der Waals surface area contributed by atoms with E-state index in [1.165, 1.54) is 12.8 Å². The molecule has 0 saturated heterocycles. The normalized spacial score (nSPS) is 18.5. The van der Waals surface area contributed by atoms with Gasteiger partial charge in [0.05, 0.1) is 0 Å². The SMILES string of the molecule is Cc1cccc(Cl)c1NC(=O)NCC1CCC([As]c2nc(N(C)C)c3ccccc3n2)CC1. The molecule has 1 aromatic heterocycles. The summed E-state index contributed by atoms with van der Waals surface area (Å²) < 4.78 is 1.69. The van der Waals surface area contributed by atoms with Gasteiger partial charge in [-0.1, -0.05) is 0 Å². The number of hydrogen-bond acceptors (Lipinski definition) is 4. The minimum absolute atomic E-state index is 0.0871. The van der Waals surface area contributed by atoms with Crippen molar-refractivity contribution in [3.63, 3.8) is 0 Å². The van der Waals surface area contributed by atoms with E-state index in [0.29, 0.717) is 27.9 Å². The number of carbonyl (C=O) groups is 1. The molecule has 0 aliphatic heterocycles. The van der Waals surface area contributed by atoms with Gasteiger partial charge in [-0.15, -0.1) is 0 Å². The van der Waals surface area contributed by atoms with E-state index in [-0.39, 0.29) is 21.8 Å². The van der Waals surface area contributed by atoms with Gasteiger partial charge in [-0.25, -0.2) is 0 Å². The third-order valence-corrected chi connectivity index (χ3v) is 9.19. The summed E-state index contributed by atoms with van der Waals surface area (Å²) in [5.74, 6) is 1.51. The molecule has 8 heteroatoms. The molecule has 1 heterocycles. The number of nitrogens with zero attached hydrogens (tertiary/aromatic N) is 3. The molecule has 0 spiro atoms. The Labute approximate surface area is 207 Å². The van der Waals surface area contributed by atoms with Gasteiger partial charge >= 0.3 is 208 Å². The van der Waals surface area contributed by atoms with Gasteiger partial charge in [-0.3, -0.25) is 0 Å². The van der Waals surface area contributed by atoms with Crippen molar-refractivity contribution in [2.45, 2.75) is 37.3 Å². The fourth-order valence-electron chi connectivity index (χ4n) is 4.27. The minimum atomic E-state index is -0.194. The first-order chi connectivity index (χ1) is 15.9. The first-order valence-corrected chi connectivity index (χ1v) is 13.8. The van der Waals surface area contributed by atoms with E-state index in [0.717, 1.165) is 39.7 Å². The van der Waals surface area contributed by atoms with E-state index in [4.69, 9.17) is 21.6 Å². The van der Waals surface area contributed by atoms with Gasteiger partial charge in [0.25, 0.3) is 0 Å². The van der Waals surface area contributed by atoms with E-state index in [9.17, 15) is 4.79 Å². The molecular formula is C25H30AsClN5O. The number of nitrogens with one attached hydrogen (secondary N) is 2. The molecular weight excluding hydrogens is 497 g/mol. The van der Waals surface area contributed by atoms with E-state index >= 15 is 0 Å². The van der Waals surface area contributed by atoms with Crippen molar-refractivity contribution in [3.8, 4) is 0 Å². The molecule has 3 aromatic rings. The molecule has 2 N–H and O–H groups in total. The molecule has 4 rings (SSSR count). The Morgan fingerprint density at radius 2 is 1.85 bits per heavy atom. The standard InChI is InChI=1S/C25H30AsClN5O/c1-16-7-6-9-20(27)22(16)30-25(33)28-15-17-11-13-18(14-12-17)26-24-29-21-10-5-4-8-19(21)23(31-24)32(2)3/h4-10,17-18H,11-15H2,1-3H3,(H2,28,30,33). The summed E-state index contributed by atoms with van der Waals surface area (Å²) in [5, 5.41) is 7.58. The predicted octanol–water partition coefficient (Wildman–Crippen LogP) is 4.79. The number of anilines is 2. The van der Waals surface area contributed by atoms with Crippen LogP contribution >= 0.6 is 11.6 Å². The number of para-hydroxylation sites is 2. The average Bonchev–Trinajstić information content (AvgIpc) is 2.80. The second kappa shape index (κ2) is 10.8. The zero-order valence-electron chi connectivity index (χ0n) is 19.3. The molecule has 6 nitrogen and oxygen atoms in total. The van der Waals surface area contributed by atoms with Gasteiger partial charge in [-0.05, 0) is 0 Å². The van der Waals surface area contributed by atoms with Crippen LogP contribution in [0.4, 0.5) is 16.3 Å². The van der Waals surface area contributed by atoms with Gasteiger partial charge < -0.3 is 0 Å². The van der Waals surface area contributed by atoms with Gasteiger partial charge in [-0.2, -0.15) is 0 Å². The molecule has 0 bridgehead atoms. The Morgan fingerprint density at radius 1 is 1.09 bits per heavy atom. The summed E-state index contributed by atoms with van der Waals surface area (Å²) in [6, 6.07) is 13.7. The van der Waals surface area contributed by atoms with E-state index < -0.39 is 0 Å². The second-order valence-electron chi connectivity index (χ2n) is 8.83. The molecule has 0 unspecified atom stereocenters. The zero-order chi connectivity index (χ0) is 23.4. The number of halogens is 1. The quantitative estimate of drug-likeness (QED) is 0.453. The third kappa shape index (κ3) is 5.99. The van der Waals surface area contributed by atoms with Crippen LogP contribution in [0.2, 0.25) is 9.73 Å². The predicted molar refractivity (Wildman–Crippen MR) is 138 cm³/mol. The Kier molecular flexibility index (Phi) is 7.77. The van der Waals surface area contributed by atoms with Crippen LogP contribution in [0, 0.1) is 12.8 Å². The second-order valence-corrected chi connectivity index (χ2v) is 12.1. The molecule has 1 radical (unpaired) electrons. The maximum absolute atomic E-state index is 12.4. The van der Waals surface area contributed by atoms with E-state index in [1.54, 1.807) is 6.07 Å². The van der Waals surface area contributed by atoms with Crippen molar-refractivity contribution in [3.05, 3.63) is 53.1 Å². The summed E-state index contributed by atoms with van der Waals surface area (Å²) in [6.07, 6.45) is 4.59. The number of rotatable bonds is 6. The van der Waals surface area contributed by atoms with Crippen LogP contribution in [0.1, 0.15) is 31.2 Å². The van der Waals surface area contributed by atoms with Crippen LogP contribution in [-0.2, 0) is 0 Å². The van der Waals surface area contributed by atoms with Crippen LogP contribution in [-0.4, -0.2) is 52.4 Å². The van der Waals surface area contributed by atoms with Crippen LogP contribution in [0.25, 0.3) is 10.9 Å². The van der Waals surface area contributed by atoms with Gasteiger partial charge in [0.2, 0.25) is 0 Å². The van der Waals surface area contributed by atoms with Crippen molar-refractivity contribution in [1.29, 1.82) is 0 Å². The van der Waals surface area contributed by atoms with Gasteiger partial charge in [0.1, 0.15) is 0 Å². The van der Waals surface area contributed by atoms with Crippen molar-refractivity contribution < 1.29 is 4.79 Å². The molecule has 173 valence electrons. The Hall–Kier alpha value is -2.30.